The number of aliphatic hydroxyl groups excluding tert-OH is 1. The zero-order valence-electron chi connectivity index (χ0n) is 8.38. The Hall–Kier alpha value is -0.500. The molecular formula is C10H10F3IO2. The van der Waals surface area contributed by atoms with Crippen LogP contribution in [0.2, 0.25) is 0 Å². The van der Waals surface area contributed by atoms with Gasteiger partial charge >= 0.3 is 6.36 Å². The van der Waals surface area contributed by atoms with Gasteiger partial charge in [0, 0.05) is 12.5 Å². The van der Waals surface area contributed by atoms with Gasteiger partial charge in [-0.05, 0) is 40.3 Å². The molecule has 1 unspecified atom stereocenters. The van der Waals surface area contributed by atoms with Gasteiger partial charge in [0.25, 0.3) is 0 Å². The SMILES string of the molecule is CC(CO)c1ccc(I)c(OC(F)(F)F)c1. The summed E-state index contributed by atoms with van der Waals surface area (Å²) in [5.74, 6) is -0.446. The first kappa shape index (κ1) is 13.6. The largest absolute Gasteiger partial charge is 0.573 e. The average molecular weight is 346 g/mol. The lowest BCUT2D eigenvalue weighted by Gasteiger charge is -2.14. The van der Waals surface area contributed by atoms with E-state index >= 15 is 0 Å². The Balaban J connectivity index is 2.99. The van der Waals surface area contributed by atoms with E-state index in [1.165, 1.54) is 12.1 Å². The van der Waals surface area contributed by atoms with Crippen LogP contribution in [0.25, 0.3) is 0 Å². The highest BCUT2D eigenvalue weighted by Gasteiger charge is 2.32. The van der Waals surface area contributed by atoms with E-state index in [0.717, 1.165) is 0 Å². The van der Waals surface area contributed by atoms with Crippen LogP contribution in [0.3, 0.4) is 0 Å². The number of alkyl halides is 3. The third-order valence-corrected chi connectivity index (χ3v) is 2.92. The van der Waals surface area contributed by atoms with E-state index in [9.17, 15) is 13.2 Å². The lowest BCUT2D eigenvalue weighted by Crippen LogP contribution is -2.18. The van der Waals surface area contributed by atoms with E-state index in [1.54, 1.807) is 35.6 Å². The van der Waals surface area contributed by atoms with Gasteiger partial charge in [-0.15, -0.1) is 13.2 Å². The van der Waals surface area contributed by atoms with Gasteiger partial charge in [0.2, 0.25) is 0 Å². The van der Waals surface area contributed by atoms with Crippen molar-refractivity contribution in [3.63, 3.8) is 0 Å². The summed E-state index contributed by atoms with van der Waals surface area (Å²) >= 11 is 1.77. The fraction of sp³-hybridized carbons (Fsp3) is 0.400. The Morgan fingerprint density at radius 1 is 1.44 bits per heavy atom. The maximum absolute atomic E-state index is 12.1. The van der Waals surface area contributed by atoms with Crippen molar-refractivity contribution in [2.24, 2.45) is 0 Å². The van der Waals surface area contributed by atoms with Crippen molar-refractivity contribution < 1.29 is 23.0 Å². The first-order valence-corrected chi connectivity index (χ1v) is 5.57. The summed E-state index contributed by atoms with van der Waals surface area (Å²) in [5.41, 5.74) is 0.613. The number of halogens is 4. The molecule has 0 aliphatic heterocycles. The number of benzene rings is 1. The van der Waals surface area contributed by atoms with Crippen molar-refractivity contribution in [2.45, 2.75) is 19.2 Å². The van der Waals surface area contributed by atoms with Gasteiger partial charge < -0.3 is 9.84 Å². The second-order valence-corrected chi connectivity index (χ2v) is 4.48. The van der Waals surface area contributed by atoms with Crippen molar-refractivity contribution >= 4 is 22.6 Å². The van der Waals surface area contributed by atoms with Crippen LogP contribution in [0.5, 0.6) is 5.75 Å². The second-order valence-electron chi connectivity index (χ2n) is 3.32. The molecule has 0 aliphatic rings. The summed E-state index contributed by atoms with van der Waals surface area (Å²) in [4.78, 5) is 0. The predicted molar refractivity (Wildman–Crippen MR) is 61.3 cm³/mol. The van der Waals surface area contributed by atoms with Gasteiger partial charge in [-0.3, -0.25) is 0 Å². The molecule has 0 radical (unpaired) electrons. The summed E-state index contributed by atoms with van der Waals surface area (Å²) in [7, 11) is 0. The summed E-state index contributed by atoms with van der Waals surface area (Å²) in [6, 6.07) is 4.51. The molecule has 0 fully saturated rings. The van der Waals surface area contributed by atoms with Crippen LogP contribution in [0.1, 0.15) is 18.4 Å². The Kier molecular flexibility index (Phi) is 4.43. The standard InChI is InChI=1S/C10H10F3IO2/c1-6(5-15)7-2-3-8(14)9(4-7)16-10(11,12)13/h2-4,6,15H,5H2,1H3. The lowest BCUT2D eigenvalue weighted by molar-refractivity contribution is -0.275. The van der Waals surface area contributed by atoms with Crippen molar-refractivity contribution in [1.29, 1.82) is 0 Å². The van der Waals surface area contributed by atoms with E-state index in [1.807, 2.05) is 0 Å². The van der Waals surface area contributed by atoms with Crippen LogP contribution in [-0.4, -0.2) is 18.1 Å². The minimum atomic E-state index is -4.69. The fourth-order valence-electron chi connectivity index (χ4n) is 1.13. The zero-order valence-corrected chi connectivity index (χ0v) is 10.5. The predicted octanol–water partition coefficient (Wildman–Crippen LogP) is 3.29. The molecule has 0 heterocycles. The average Bonchev–Trinajstić information content (AvgIpc) is 2.18. The van der Waals surface area contributed by atoms with Crippen molar-refractivity contribution in [2.75, 3.05) is 6.61 Å². The third kappa shape index (κ3) is 3.82. The highest BCUT2D eigenvalue weighted by molar-refractivity contribution is 14.1. The molecule has 0 bridgehead atoms. The van der Waals surface area contributed by atoms with Crippen LogP contribution in [0.15, 0.2) is 18.2 Å². The van der Waals surface area contributed by atoms with Crippen molar-refractivity contribution in [3.8, 4) is 5.75 Å². The van der Waals surface area contributed by atoms with E-state index in [4.69, 9.17) is 5.11 Å². The molecule has 0 saturated heterocycles. The summed E-state index contributed by atoms with van der Waals surface area (Å²) in [5, 5.41) is 8.92. The van der Waals surface area contributed by atoms with Gasteiger partial charge in [-0.1, -0.05) is 13.0 Å². The van der Waals surface area contributed by atoms with E-state index in [2.05, 4.69) is 4.74 Å². The first-order chi connectivity index (χ1) is 7.33. The molecule has 0 aliphatic carbocycles. The quantitative estimate of drug-likeness (QED) is 0.852. The molecular weight excluding hydrogens is 336 g/mol. The Morgan fingerprint density at radius 3 is 2.56 bits per heavy atom. The molecule has 2 nitrogen and oxygen atoms in total. The molecule has 0 saturated carbocycles. The lowest BCUT2D eigenvalue weighted by atomic mass is 10.0. The molecule has 1 aromatic carbocycles. The molecule has 0 aromatic heterocycles. The molecule has 0 amide bonds. The molecule has 1 atom stereocenters. The Labute approximate surface area is 105 Å². The van der Waals surface area contributed by atoms with E-state index in [-0.39, 0.29) is 18.3 Å². The maximum atomic E-state index is 12.1. The van der Waals surface area contributed by atoms with Gasteiger partial charge in [0.05, 0.1) is 3.57 Å². The number of hydrogen-bond acceptors (Lipinski definition) is 2. The molecule has 6 heteroatoms. The molecule has 0 spiro atoms. The first-order valence-electron chi connectivity index (χ1n) is 4.49. The van der Waals surface area contributed by atoms with E-state index < -0.39 is 6.36 Å². The van der Waals surface area contributed by atoms with Crippen molar-refractivity contribution in [3.05, 3.63) is 27.3 Å². The van der Waals surface area contributed by atoms with Gasteiger partial charge in [0.1, 0.15) is 5.75 Å². The zero-order chi connectivity index (χ0) is 12.3. The van der Waals surface area contributed by atoms with E-state index in [0.29, 0.717) is 9.13 Å². The van der Waals surface area contributed by atoms with Gasteiger partial charge in [-0.25, -0.2) is 0 Å². The van der Waals surface area contributed by atoms with Crippen LogP contribution < -0.4 is 4.74 Å². The third-order valence-electron chi connectivity index (χ3n) is 2.02. The summed E-state index contributed by atoms with van der Waals surface area (Å²) < 4.78 is 40.4. The number of ether oxygens (including phenoxy) is 1. The fourth-order valence-corrected chi connectivity index (χ4v) is 1.58. The number of rotatable bonds is 3. The minimum absolute atomic E-state index is 0.119. The molecule has 1 aromatic rings. The topological polar surface area (TPSA) is 29.5 Å². The normalized spacial score (nSPS) is 13.6. The van der Waals surface area contributed by atoms with Crippen molar-refractivity contribution in [1.82, 2.24) is 0 Å². The van der Waals surface area contributed by atoms with Crippen LogP contribution in [-0.2, 0) is 0 Å². The highest BCUT2D eigenvalue weighted by Crippen LogP contribution is 2.30. The Bertz CT molecular complexity index is 366. The smallest absolute Gasteiger partial charge is 0.405 e. The van der Waals surface area contributed by atoms with Gasteiger partial charge in [-0.2, -0.15) is 0 Å². The molecule has 16 heavy (non-hydrogen) atoms. The maximum Gasteiger partial charge on any atom is 0.573 e. The monoisotopic (exact) mass is 346 g/mol. The summed E-state index contributed by atoms with van der Waals surface area (Å²) in [6.07, 6.45) is -4.69. The Morgan fingerprint density at radius 2 is 2.06 bits per heavy atom. The second kappa shape index (κ2) is 5.22. The van der Waals surface area contributed by atoms with Crippen LogP contribution >= 0.6 is 22.6 Å². The summed E-state index contributed by atoms with van der Waals surface area (Å²) in [6.45, 7) is 1.60. The number of hydrogen-bond donors (Lipinski definition) is 1. The van der Waals surface area contributed by atoms with Crippen LogP contribution in [0.4, 0.5) is 13.2 Å². The van der Waals surface area contributed by atoms with Gasteiger partial charge in [0.15, 0.2) is 0 Å². The highest BCUT2D eigenvalue weighted by atomic mass is 127. The molecule has 1 N–H and O–H groups in total. The number of aliphatic hydroxyl groups is 1. The minimum Gasteiger partial charge on any atom is -0.405 e. The van der Waals surface area contributed by atoms with Crippen LogP contribution in [0, 0.1) is 3.57 Å². The molecule has 90 valence electrons. The molecule has 1 rings (SSSR count).